The highest BCUT2D eigenvalue weighted by Gasteiger charge is 2.48. The van der Waals surface area contributed by atoms with Crippen molar-refractivity contribution in [3.05, 3.63) is 0 Å². The van der Waals surface area contributed by atoms with Crippen LogP contribution in [-0.4, -0.2) is 49.2 Å². The van der Waals surface area contributed by atoms with Gasteiger partial charge in [0.2, 0.25) is 0 Å². The summed E-state index contributed by atoms with van der Waals surface area (Å²) in [4.78, 5) is 14.8. The van der Waals surface area contributed by atoms with E-state index < -0.39 is 5.54 Å². The van der Waals surface area contributed by atoms with Gasteiger partial charge in [0.05, 0.1) is 7.11 Å². The molecule has 1 aliphatic heterocycles. The average molecular weight is 266 g/mol. The molecule has 0 amide bonds. The lowest BCUT2D eigenvalue weighted by Crippen LogP contribution is -2.58. The molecule has 0 aromatic heterocycles. The minimum absolute atomic E-state index is 0.0796. The van der Waals surface area contributed by atoms with Crippen molar-refractivity contribution in [2.24, 2.45) is 5.92 Å². The van der Waals surface area contributed by atoms with Crippen LogP contribution in [0.4, 0.5) is 0 Å². The van der Waals surface area contributed by atoms with Gasteiger partial charge in [0, 0.05) is 18.6 Å². The van der Waals surface area contributed by atoms with Gasteiger partial charge in [-0.15, -0.1) is 0 Å². The van der Waals surface area contributed by atoms with Crippen LogP contribution < -0.4 is 5.32 Å². The van der Waals surface area contributed by atoms with E-state index in [1.807, 2.05) is 7.05 Å². The van der Waals surface area contributed by atoms with E-state index >= 15 is 0 Å². The summed E-state index contributed by atoms with van der Waals surface area (Å²) in [6, 6.07) is 1.36. The van der Waals surface area contributed by atoms with E-state index in [2.05, 4.69) is 10.2 Å². The molecule has 2 saturated carbocycles. The maximum absolute atomic E-state index is 12.1. The number of nitrogens with zero attached hydrogens (tertiary/aromatic N) is 1. The predicted molar refractivity (Wildman–Crippen MR) is 73.9 cm³/mol. The van der Waals surface area contributed by atoms with E-state index in [0.29, 0.717) is 6.04 Å². The van der Waals surface area contributed by atoms with Gasteiger partial charge in [0.15, 0.2) is 0 Å². The topological polar surface area (TPSA) is 41.6 Å². The lowest BCUT2D eigenvalue weighted by Gasteiger charge is -2.44. The van der Waals surface area contributed by atoms with Gasteiger partial charge in [0.1, 0.15) is 5.54 Å². The number of nitrogens with one attached hydrogen (secondary N) is 1. The second-order valence-corrected chi connectivity index (χ2v) is 6.60. The molecule has 0 aromatic carbocycles. The Labute approximate surface area is 115 Å². The fourth-order valence-electron chi connectivity index (χ4n) is 4.65. The molecule has 19 heavy (non-hydrogen) atoms. The molecular formula is C15H26N2O2. The van der Waals surface area contributed by atoms with Crippen molar-refractivity contribution in [3.8, 4) is 0 Å². The second-order valence-electron chi connectivity index (χ2n) is 6.60. The highest BCUT2D eigenvalue weighted by molar-refractivity contribution is 5.81. The molecule has 1 N–H and O–H groups in total. The van der Waals surface area contributed by atoms with Crippen LogP contribution in [0.2, 0.25) is 0 Å². The SMILES string of the molecule is CNC1(C(=O)OC)CCCC(N2CC3CCC2C3)C1. The standard InChI is InChI=1S/C15H26N2O2/c1-16-15(14(18)19-2)7-3-4-13(9-15)17-10-11-5-6-12(17)8-11/h11-13,16H,3-10H2,1-2H3. The van der Waals surface area contributed by atoms with Crippen LogP contribution in [0.1, 0.15) is 44.9 Å². The summed E-state index contributed by atoms with van der Waals surface area (Å²) in [6.07, 6.45) is 8.36. The van der Waals surface area contributed by atoms with Crippen molar-refractivity contribution in [1.82, 2.24) is 10.2 Å². The summed E-state index contributed by atoms with van der Waals surface area (Å²) >= 11 is 0. The van der Waals surface area contributed by atoms with Gasteiger partial charge in [-0.1, -0.05) is 0 Å². The third-order valence-corrected chi connectivity index (χ3v) is 5.70. The first-order valence-electron chi connectivity index (χ1n) is 7.71. The summed E-state index contributed by atoms with van der Waals surface area (Å²) in [7, 11) is 3.40. The van der Waals surface area contributed by atoms with Crippen LogP contribution in [-0.2, 0) is 9.53 Å². The lowest BCUT2D eigenvalue weighted by molar-refractivity contribution is -0.151. The number of esters is 1. The van der Waals surface area contributed by atoms with Crippen molar-refractivity contribution in [2.45, 2.75) is 62.6 Å². The van der Waals surface area contributed by atoms with Crippen molar-refractivity contribution in [1.29, 1.82) is 0 Å². The Kier molecular flexibility index (Phi) is 3.56. The number of methoxy groups -OCH3 is 1. The molecule has 0 spiro atoms. The zero-order valence-corrected chi connectivity index (χ0v) is 12.2. The number of ether oxygens (including phenoxy) is 1. The molecule has 0 aromatic rings. The number of rotatable bonds is 3. The molecule has 3 aliphatic rings. The molecule has 4 heteroatoms. The Morgan fingerprint density at radius 2 is 2.16 bits per heavy atom. The zero-order chi connectivity index (χ0) is 13.5. The number of likely N-dealkylation sites (N-methyl/N-ethyl adjacent to an activating group) is 1. The summed E-state index contributed by atoms with van der Waals surface area (Å²) in [6.45, 7) is 1.26. The first kappa shape index (κ1) is 13.4. The quantitative estimate of drug-likeness (QED) is 0.787. The second kappa shape index (κ2) is 5.06. The Bertz CT molecular complexity index is 360. The molecule has 3 fully saturated rings. The van der Waals surface area contributed by atoms with E-state index in [0.717, 1.165) is 31.2 Å². The molecular weight excluding hydrogens is 240 g/mol. The molecule has 4 unspecified atom stereocenters. The van der Waals surface area contributed by atoms with E-state index in [1.165, 1.54) is 39.3 Å². The minimum atomic E-state index is -0.445. The van der Waals surface area contributed by atoms with E-state index in [-0.39, 0.29) is 5.97 Å². The molecule has 0 radical (unpaired) electrons. The summed E-state index contributed by atoms with van der Waals surface area (Å²) < 4.78 is 5.04. The molecule has 108 valence electrons. The third kappa shape index (κ3) is 2.19. The Balaban J connectivity index is 1.72. The lowest BCUT2D eigenvalue weighted by atomic mass is 9.78. The van der Waals surface area contributed by atoms with Crippen molar-refractivity contribution in [2.75, 3.05) is 20.7 Å². The van der Waals surface area contributed by atoms with E-state index in [1.54, 1.807) is 0 Å². The van der Waals surface area contributed by atoms with Gasteiger partial charge < -0.3 is 10.1 Å². The Hall–Kier alpha value is -0.610. The number of hydrogen-bond donors (Lipinski definition) is 1. The number of carbonyl (C=O) groups is 1. The van der Waals surface area contributed by atoms with Crippen molar-refractivity contribution >= 4 is 5.97 Å². The van der Waals surface area contributed by atoms with E-state index in [9.17, 15) is 4.79 Å². The molecule has 1 heterocycles. The first-order chi connectivity index (χ1) is 9.18. The summed E-state index contributed by atoms with van der Waals surface area (Å²) in [5, 5.41) is 3.26. The normalized spacial score (nSPS) is 42.5. The smallest absolute Gasteiger partial charge is 0.326 e. The van der Waals surface area contributed by atoms with Crippen LogP contribution in [0.5, 0.6) is 0 Å². The van der Waals surface area contributed by atoms with Gasteiger partial charge in [0.25, 0.3) is 0 Å². The minimum Gasteiger partial charge on any atom is -0.468 e. The highest BCUT2D eigenvalue weighted by Crippen LogP contribution is 2.42. The number of likely N-dealkylation sites (tertiary alicyclic amines) is 1. The highest BCUT2D eigenvalue weighted by atomic mass is 16.5. The van der Waals surface area contributed by atoms with Crippen LogP contribution in [0.25, 0.3) is 0 Å². The van der Waals surface area contributed by atoms with Crippen LogP contribution in [0.15, 0.2) is 0 Å². The van der Waals surface area contributed by atoms with Gasteiger partial charge >= 0.3 is 5.97 Å². The molecule has 2 bridgehead atoms. The molecule has 2 aliphatic carbocycles. The fraction of sp³-hybridized carbons (Fsp3) is 0.933. The monoisotopic (exact) mass is 266 g/mol. The maximum atomic E-state index is 12.1. The number of carbonyl (C=O) groups excluding carboxylic acids is 1. The molecule has 4 atom stereocenters. The average Bonchev–Trinajstić information content (AvgIpc) is 3.09. The Morgan fingerprint density at radius 1 is 1.32 bits per heavy atom. The molecule has 4 nitrogen and oxygen atoms in total. The van der Waals surface area contributed by atoms with Crippen LogP contribution >= 0.6 is 0 Å². The summed E-state index contributed by atoms with van der Waals surface area (Å²) in [5.41, 5.74) is -0.445. The van der Waals surface area contributed by atoms with Gasteiger partial charge in [-0.05, 0) is 57.9 Å². The van der Waals surface area contributed by atoms with Crippen molar-refractivity contribution < 1.29 is 9.53 Å². The number of hydrogen-bond acceptors (Lipinski definition) is 4. The number of piperidine rings is 1. The fourth-order valence-corrected chi connectivity index (χ4v) is 4.65. The van der Waals surface area contributed by atoms with Gasteiger partial charge in [-0.25, -0.2) is 0 Å². The van der Waals surface area contributed by atoms with Crippen LogP contribution in [0, 0.1) is 5.92 Å². The number of fused-ring (bicyclic) bond motifs is 2. The van der Waals surface area contributed by atoms with Gasteiger partial charge in [-0.3, -0.25) is 9.69 Å². The Morgan fingerprint density at radius 3 is 2.74 bits per heavy atom. The summed E-state index contributed by atoms with van der Waals surface area (Å²) in [5.74, 6) is 0.845. The molecule has 1 saturated heterocycles. The predicted octanol–water partition coefficient (Wildman–Crippen LogP) is 1.54. The van der Waals surface area contributed by atoms with E-state index in [4.69, 9.17) is 4.74 Å². The third-order valence-electron chi connectivity index (χ3n) is 5.70. The van der Waals surface area contributed by atoms with Crippen molar-refractivity contribution in [3.63, 3.8) is 0 Å². The van der Waals surface area contributed by atoms with Gasteiger partial charge in [-0.2, -0.15) is 0 Å². The largest absolute Gasteiger partial charge is 0.468 e. The first-order valence-corrected chi connectivity index (χ1v) is 7.71. The zero-order valence-electron chi connectivity index (χ0n) is 12.2. The maximum Gasteiger partial charge on any atom is 0.326 e. The van der Waals surface area contributed by atoms with Crippen LogP contribution in [0.3, 0.4) is 0 Å². The molecule has 3 rings (SSSR count).